The fourth-order valence-corrected chi connectivity index (χ4v) is 3.64. The van der Waals surface area contributed by atoms with Crippen molar-refractivity contribution in [3.63, 3.8) is 0 Å². The van der Waals surface area contributed by atoms with E-state index in [1.807, 2.05) is 6.07 Å². The normalized spacial score (nSPS) is 27.6. The lowest BCUT2D eigenvalue weighted by atomic mass is 9.88. The molecule has 2 aliphatic rings. The number of hydrogen-bond acceptors (Lipinski definition) is 5. The van der Waals surface area contributed by atoms with E-state index in [-0.39, 0.29) is 0 Å². The van der Waals surface area contributed by atoms with Gasteiger partial charge in [-0.3, -0.25) is 0 Å². The summed E-state index contributed by atoms with van der Waals surface area (Å²) in [5.41, 5.74) is 1.16. The third-order valence-electron chi connectivity index (χ3n) is 4.62. The zero-order valence-electron chi connectivity index (χ0n) is 11.0. The summed E-state index contributed by atoms with van der Waals surface area (Å²) >= 11 is 0. The molecule has 2 aliphatic carbocycles. The van der Waals surface area contributed by atoms with Crippen LogP contribution in [0.4, 0.5) is 0 Å². The minimum atomic E-state index is 0.451. The van der Waals surface area contributed by atoms with Gasteiger partial charge in [-0.1, -0.05) is 11.6 Å². The summed E-state index contributed by atoms with van der Waals surface area (Å²) in [7, 11) is 0. The van der Waals surface area contributed by atoms with E-state index in [1.165, 1.54) is 31.9 Å². The van der Waals surface area contributed by atoms with Crippen molar-refractivity contribution in [1.29, 1.82) is 5.26 Å². The van der Waals surface area contributed by atoms with Crippen molar-refractivity contribution in [1.82, 2.24) is 15.1 Å². The van der Waals surface area contributed by atoms with Gasteiger partial charge in [-0.25, -0.2) is 4.98 Å². The lowest BCUT2D eigenvalue weighted by molar-refractivity contribution is 0.372. The molecule has 2 bridgehead atoms. The Morgan fingerprint density at radius 3 is 2.85 bits per heavy atom. The highest BCUT2D eigenvalue weighted by atomic mass is 16.5. The second kappa shape index (κ2) is 4.41. The molecule has 2 aromatic heterocycles. The lowest BCUT2D eigenvalue weighted by Crippen LogP contribution is -2.09. The topological polar surface area (TPSA) is 75.6 Å². The van der Waals surface area contributed by atoms with Crippen molar-refractivity contribution >= 4 is 0 Å². The maximum atomic E-state index is 8.77. The Kier molecular flexibility index (Phi) is 2.56. The van der Waals surface area contributed by atoms with Gasteiger partial charge in [0.1, 0.15) is 11.8 Å². The molecule has 0 amide bonds. The number of aromatic nitrogens is 3. The number of nitrogens with zero attached hydrogens (tertiary/aromatic N) is 4. The predicted molar refractivity (Wildman–Crippen MR) is 70.4 cm³/mol. The predicted octanol–water partition coefficient (Wildman–Crippen LogP) is 2.91. The highest BCUT2D eigenvalue weighted by molar-refractivity contribution is 5.47. The maximum Gasteiger partial charge on any atom is 0.276 e. The van der Waals surface area contributed by atoms with Crippen LogP contribution < -0.4 is 0 Å². The Labute approximate surface area is 116 Å². The van der Waals surface area contributed by atoms with Gasteiger partial charge in [0.25, 0.3) is 5.89 Å². The first kappa shape index (κ1) is 11.6. The summed E-state index contributed by atoms with van der Waals surface area (Å²) in [4.78, 5) is 8.70. The molecule has 0 spiro atoms. The SMILES string of the molecule is N#Cc1ccc(-c2nc(C3CC4CCC3C4)no2)nc1. The first-order valence-electron chi connectivity index (χ1n) is 7.03. The van der Waals surface area contributed by atoms with Crippen LogP contribution in [0.1, 0.15) is 43.0 Å². The molecule has 2 aromatic rings. The quantitative estimate of drug-likeness (QED) is 0.835. The standard InChI is InChI=1S/C15H14N4O/c16-7-10-2-4-13(17-8-10)15-18-14(19-20-15)12-6-9-1-3-11(12)5-9/h2,4,8-9,11-12H,1,3,5-6H2. The molecule has 2 fully saturated rings. The van der Waals surface area contributed by atoms with Gasteiger partial charge in [0.05, 0.1) is 5.56 Å². The number of fused-ring (bicyclic) bond motifs is 2. The molecular formula is C15H14N4O. The molecule has 2 saturated carbocycles. The number of nitriles is 1. The molecule has 3 atom stereocenters. The van der Waals surface area contributed by atoms with Gasteiger partial charge >= 0.3 is 0 Å². The third kappa shape index (κ3) is 1.80. The minimum absolute atomic E-state index is 0.451. The van der Waals surface area contributed by atoms with Gasteiger partial charge in [0.15, 0.2) is 5.82 Å². The summed E-state index contributed by atoms with van der Waals surface area (Å²) in [6.45, 7) is 0. The average Bonchev–Trinajstić information content (AvgIpc) is 3.23. The van der Waals surface area contributed by atoms with Crippen LogP contribution in [0, 0.1) is 23.2 Å². The van der Waals surface area contributed by atoms with Crippen LogP contribution in [-0.2, 0) is 0 Å². The average molecular weight is 266 g/mol. The van der Waals surface area contributed by atoms with E-state index in [1.54, 1.807) is 12.1 Å². The molecule has 0 aromatic carbocycles. The second-order valence-electron chi connectivity index (χ2n) is 5.78. The Bertz CT molecular complexity index is 670. The van der Waals surface area contributed by atoms with E-state index in [0.717, 1.165) is 17.7 Å². The monoisotopic (exact) mass is 266 g/mol. The lowest BCUT2D eigenvalue weighted by Gasteiger charge is -2.17. The van der Waals surface area contributed by atoms with Crippen LogP contribution in [0.5, 0.6) is 0 Å². The molecule has 5 nitrogen and oxygen atoms in total. The van der Waals surface area contributed by atoms with E-state index in [9.17, 15) is 0 Å². The molecule has 0 N–H and O–H groups in total. The van der Waals surface area contributed by atoms with Crippen molar-refractivity contribution in [3.8, 4) is 17.7 Å². The molecule has 2 heterocycles. The first-order chi connectivity index (χ1) is 9.83. The van der Waals surface area contributed by atoms with Gasteiger partial charge in [-0.05, 0) is 43.2 Å². The summed E-state index contributed by atoms with van der Waals surface area (Å²) in [5, 5.41) is 12.9. The molecular weight excluding hydrogens is 252 g/mol. The number of hydrogen-bond donors (Lipinski definition) is 0. The maximum absolute atomic E-state index is 8.77. The van der Waals surface area contributed by atoms with Crippen LogP contribution in [0.15, 0.2) is 22.9 Å². The fourth-order valence-electron chi connectivity index (χ4n) is 3.64. The van der Waals surface area contributed by atoms with Crippen molar-refractivity contribution < 1.29 is 4.52 Å². The Hall–Kier alpha value is -2.22. The van der Waals surface area contributed by atoms with E-state index >= 15 is 0 Å². The van der Waals surface area contributed by atoms with E-state index in [2.05, 4.69) is 15.1 Å². The largest absolute Gasteiger partial charge is 0.332 e. The number of pyridine rings is 1. The highest BCUT2D eigenvalue weighted by Crippen LogP contribution is 2.52. The van der Waals surface area contributed by atoms with Crippen LogP contribution in [0.3, 0.4) is 0 Å². The highest BCUT2D eigenvalue weighted by Gasteiger charge is 2.42. The van der Waals surface area contributed by atoms with Gasteiger partial charge in [-0.2, -0.15) is 10.2 Å². The van der Waals surface area contributed by atoms with Gasteiger partial charge in [0, 0.05) is 12.1 Å². The van der Waals surface area contributed by atoms with E-state index in [4.69, 9.17) is 9.78 Å². The van der Waals surface area contributed by atoms with Crippen LogP contribution in [0.25, 0.3) is 11.6 Å². The minimum Gasteiger partial charge on any atom is -0.332 e. The van der Waals surface area contributed by atoms with E-state index in [0.29, 0.717) is 23.1 Å². The Morgan fingerprint density at radius 1 is 1.25 bits per heavy atom. The Morgan fingerprint density at radius 2 is 2.20 bits per heavy atom. The van der Waals surface area contributed by atoms with Crippen molar-refractivity contribution in [2.24, 2.45) is 11.8 Å². The summed E-state index contributed by atoms with van der Waals surface area (Å²) in [5.74, 6) is 3.34. The van der Waals surface area contributed by atoms with Crippen LogP contribution in [-0.4, -0.2) is 15.1 Å². The molecule has 3 unspecified atom stereocenters. The van der Waals surface area contributed by atoms with E-state index < -0.39 is 0 Å². The molecule has 4 rings (SSSR count). The zero-order chi connectivity index (χ0) is 13.5. The second-order valence-corrected chi connectivity index (χ2v) is 5.78. The molecule has 0 radical (unpaired) electrons. The zero-order valence-corrected chi connectivity index (χ0v) is 11.0. The first-order valence-corrected chi connectivity index (χ1v) is 7.03. The third-order valence-corrected chi connectivity index (χ3v) is 4.62. The van der Waals surface area contributed by atoms with Crippen molar-refractivity contribution in [2.45, 2.75) is 31.6 Å². The van der Waals surface area contributed by atoms with Gasteiger partial charge in [0.2, 0.25) is 0 Å². The Balaban J connectivity index is 1.60. The van der Waals surface area contributed by atoms with Crippen LogP contribution >= 0.6 is 0 Å². The molecule has 20 heavy (non-hydrogen) atoms. The van der Waals surface area contributed by atoms with Gasteiger partial charge < -0.3 is 4.52 Å². The number of rotatable bonds is 2. The summed E-state index contributed by atoms with van der Waals surface area (Å²) < 4.78 is 5.34. The van der Waals surface area contributed by atoms with Crippen LogP contribution in [0.2, 0.25) is 0 Å². The van der Waals surface area contributed by atoms with Crippen molar-refractivity contribution in [3.05, 3.63) is 29.7 Å². The smallest absolute Gasteiger partial charge is 0.276 e. The molecule has 100 valence electrons. The summed E-state index contributed by atoms with van der Waals surface area (Å²) in [6, 6.07) is 5.50. The van der Waals surface area contributed by atoms with Gasteiger partial charge in [-0.15, -0.1) is 0 Å². The molecule has 5 heteroatoms. The van der Waals surface area contributed by atoms with Crippen molar-refractivity contribution in [2.75, 3.05) is 0 Å². The molecule has 0 aliphatic heterocycles. The molecule has 0 saturated heterocycles. The fraction of sp³-hybridized carbons (Fsp3) is 0.467. The summed E-state index contributed by atoms with van der Waals surface area (Å²) in [6.07, 6.45) is 6.71.